The molecule has 0 saturated carbocycles. The summed E-state index contributed by atoms with van der Waals surface area (Å²) in [5.41, 5.74) is 2.98. The number of aromatic amines is 1. The third-order valence-corrected chi connectivity index (χ3v) is 5.06. The summed E-state index contributed by atoms with van der Waals surface area (Å²) < 4.78 is 25.4. The van der Waals surface area contributed by atoms with Gasteiger partial charge in [0.05, 0.1) is 9.75 Å². The molecule has 1 aromatic carbocycles. The van der Waals surface area contributed by atoms with Crippen molar-refractivity contribution in [1.29, 1.82) is 0 Å². The fraction of sp³-hybridized carbons (Fsp3) is 0.200. The molecule has 3 N–H and O–H groups in total. The maximum Gasteiger partial charge on any atom is 1.00 e. The fourth-order valence-electron chi connectivity index (χ4n) is 2.49. The van der Waals surface area contributed by atoms with E-state index in [-0.39, 0.29) is 67.2 Å². The van der Waals surface area contributed by atoms with Crippen LogP contribution in [0.5, 0.6) is 0 Å². The molecule has 0 aliphatic carbocycles. The molecule has 0 spiro atoms. The number of carbonyl (C=O) groups is 1. The van der Waals surface area contributed by atoms with Crippen molar-refractivity contribution in [3.05, 3.63) is 81.4 Å². The van der Waals surface area contributed by atoms with Gasteiger partial charge in [-0.2, -0.15) is 0 Å². The summed E-state index contributed by atoms with van der Waals surface area (Å²) in [5.74, 6) is -0.417. The first-order chi connectivity index (χ1) is 13.9. The van der Waals surface area contributed by atoms with Crippen molar-refractivity contribution in [2.24, 2.45) is 4.99 Å². The van der Waals surface area contributed by atoms with Gasteiger partial charge in [0.15, 0.2) is 0 Å². The molecule has 3 aromatic rings. The summed E-state index contributed by atoms with van der Waals surface area (Å²) in [4.78, 5) is 16.6. The van der Waals surface area contributed by atoms with E-state index in [0.29, 0.717) is 11.2 Å². The zero-order chi connectivity index (χ0) is 20.8. The Bertz CT molecular complexity index is 1070. The third-order valence-electron chi connectivity index (χ3n) is 3.97. The molecule has 3 rings (SSSR count). The summed E-state index contributed by atoms with van der Waals surface area (Å²) in [6, 6.07) is 11.7. The van der Waals surface area contributed by atoms with E-state index >= 15 is 0 Å². The largest absolute Gasteiger partial charge is 1.00 e. The van der Waals surface area contributed by atoms with Crippen LogP contribution in [0.4, 0.5) is 14.5 Å². The Kier molecular flexibility index (Phi) is 9.66. The molecule has 2 heterocycles. The van der Waals surface area contributed by atoms with Crippen molar-refractivity contribution in [3.63, 3.8) is 0 Å². The number of hydrogen-bond donors (Lipinski definition) is 3. The minimum atomic E-state index is -2.58. The number of alkyl halides is 2. The summed E-state index contributed by atoms with van der Waals surface area (Å²) >= 11 is 0.786. The molecule has 1 atom stereocenters. The van der Waals surface area contributed by atoms with E-state index < -0.39 is 12.3 Å². The molecular formula is C20H19F2KN5OS-. The first-order valence-corrected chi connectivity index (χ1v) is 9.59. The second kappa shape index (κ2) is 11.7. The van der Waals surface area contributed by atoms with Gasteiger partial charge < -0.3 is 21.8 Å². The van der Waals surface area contributed by atoms with E-state index in [2.05, 4.69) is 32.0 Å². The topological polar surface area (TPSA) is 82.2 Å². The van der Waals surface area contributed by atoms with Gasteiger partial charge >= 0.3 is 51.4 Å². The maximum absolute atomic E-state index is 12.7. The molecule has 10 heteroatoms. The molecule has 2 aromatic heterocycles. The summed E-state index contributed by atoms with van der Waals surface area (Å²) in [5, 5.41) is 12.6. The van der Waals surface area contributed by atoms with Gasteiger partial charge in [-0.05, 0) is 42.2 Å². The second-order valence-electron chi connectivity index (χ2n) is 6.25. The maximum atomic E-state index is 12.7. The standard InChI is InChI=1S/C20H19F2N5OS.K/c1-12-10-18(27-26-12)24-9-8-23-13(2)14-4-3-5-15(11-14)25-20(28)17-7-6-16(29-17)19(21)22;/h3-7,9-11,13,19,23H,1-2H3,(H,24,27)(H,25,28);/q-2;+1. The molecule has 0 aliphatic rings. The van der Waals surface area contributed by atoms with Gasteiger partial charge in [0.2, 0.25) is 0 Å². The smallest absolute Gasteiger partial charge is 0.560 e. The van der Waals surface area contributed by atoms with E-state index in [4.69, 9.17) is 0 Å². The number of carbonyl (C=O) groups excluding carboxylic acids is 1. The fourth-order valence-corrected chi connectivity index (χ4v) is 3.25. The van der Waals surface area contributed by atoms with Gasteiger partial charge in [-0.25, -0.2) is 13.9 Å². The summed E-state index contributed by atoms with van der Waals surface area (Å²) in [7, 11) is 0. The van der Waals surface area contributed by atoms with Crippen LogP contribution < -0.4 is 67.5 Å². The first kappa shape index (κ1) is 24.7. The number of nitrogens with zero attached hydrogens (tertiary/aromatic N) is 2. The Morgan fingerprint density at radius 3 is 2.83 bits per heavy atom. The number of halogens is 2. The van der Waals surface area contributed by atoms with Crippen molar-refractivity contribution >= 4 is 22.9 Å². The van der Waals surface area contributed by atoms with E-state index in [9.17, 15) is 13.6 Å². The van der Waals surface area contributed by atoms with Gasteiger partial charge in [-0.3, -0.25) is 16.0 Å². The number of amides is 1. The van der Waals surface area contributed by atoms with Gasteiger partial charge in [-0.15, -0.1) is 17.5 Å². The van der Waals surface area contributed by atoms with E-state index in [1.807, 2.05) is 38.1 Å². The Morgan fingerprint density at radius 2 is 2.17 bits per heavy atom. The van der Waals surface area contributed by atoms with Gasteiger partial charge in [-0.1, -0.05) is 24.8 Å². The Morgan fingerprint density at radius 1 is 1.37 bits per heavy atom. The molecule has 0 radical (unpaired) electrons. The Balaban J connectivity index is 0.00000320. The van der Waals surface area contributed by atoms with E-state index in [0.717, 1.165) is 22.6 Å². The van der Waals surface area contributed by atoms with Crippen LogP contribution in [0.15, 0.2) is 53.7 Å². The van der Waals surface area contributed by atoms with Crippen LogP contribution in [0, 0.1) is 13.1 Å². The van der Waals surface area contributed by atoms with Crippen molar-refractivity contribution in [2.45, 2.75) is 26.3 Å². The second-order valence-corrected chi connectivity index (χ2v) is 7.36. The van der Waals surface area contributed by atoms with Crippen LogP contribution in [-0.4, -0.2) is 16.1 Å². The Labute approximate surface area is 219 Å². The average Bonchev–Trinajstić information content (AvgIpc) is 3.34. The summed E-state index contributed by atoms with van der Waals surface area (Å²) in [6.45, 7) is 3.81. The van der Waals surface area contributed by atoms with Crippen LogP contribution in [0.25, 0.3) is 0 Å². The Hall–Kier alpha value is -1.56. The van der Waals surface area contributed by atoms with Crippen LogP contribution in [-0.2, 0) is 0 Å². The number of aromatic nitrogens is 2. The quantitative estimate of drug-likeness (QED) is 0.285. The van der Waals surface area contributed by atoms with Crippen molar-refractivity contribution < 1.29 is 65.0 Å². The van der Waals surface area contributed by atoms with Gasteiger partial charge in [0, 0.05) is 11.7 Å². The first-order valence-electron chi connectivity index (χ1n) is 8.77. The monoisotopic (exact) mass is 454 g/mol. The van der Waals surface area contributed by atoms with Crippen LogP contribution in [0.2, 0.25) is 0 Å². The van der Waals surface area contributed by atoms with Gasteiger partial charge in [0.1, 0.15) is 0 Å². The minimum Gasteiger partial charge on any atom is -0.560 e. The number of aryl methyl sites for hydroxylation is 1. The molecule has 152 valence electrons. The number of thiophene rings is 1. The number of H-pyrrole nitrogens is 1. The molecule has 30 heavy (non-hydrogen) atoms. The molecule has 0 fully saturated rings. The zero-order valence-corrected chi connectivity index (χ0v) is 20.7. The van der Waals surface area contributed by atoms with Gasteiger partial charge in [0.25, 0.3) is 12.3 Å². The molecular weight excluding hydrogens is 435 g/mol. The van der Waals surface area contributed by atoms with Crippen LogP contribution in [0.3, 0.4) is 0 Å². The van der Waals surface area contributed by atoms with Crippen LogP contribution in [0.1, 0.15) is 45.2 Å². The molecule has 1 unspecified atom stereocenters. The van der Waals surface area contributed by atoms with Crippen LogP contribution >= 0.6 is 11.3 Å². The molecule has 0 saturated heterocycles. The number of benzene rings is 1. The molecule has 0 bridgehead atoms. The normalized spacial score (nSPS) is 12.8. The van der Waals surface area contributed by atoms with Crippen molar-refractivity contribution in [2.75, 3.05) is 5.32 Å². The van der Waals surface area contributed by atoms with E-state index in [1.165, 1.54) is 18.3 Å². The van der Waals surface area contributed by atoms with E-state index in [1.54, 1.807) is 6.07 Å². The minimum absolute atomic E-state index is 0. The van der Waals surface area contributed by atoms with Crippen molar-refractivity contribution in [3.8, 4) is 0 Å². The zero-order valence-electron chi connectivity index (χ0n) is 16.7. The van der Waals surface area contributed by atoms with Crippen molar-refractivity contribution in [1.82, 2.24) is 15.5 Å². The number of rotatable bonds is 7. The molecule has 0 aliphatic heterocycles. The number of hydrogen-bond acceptors (Lipinski definition) is 5. The predicted octanol–water partition coefficient (Wildman–Crippen LogP) is 1.22. The summed E-state index contributed by atoms with van der Waals surface area (Å²) in [6.07, 6.45) is 1.82. The number of nitrogens with one attached hydrogen (secondary N) is 3. The number of anilines is 1. The average molecular weight is 455 g/mol. The SMILES string of the molecule is Cc1[cH-]c(=NC=[C-]NC(C)c2cccc(NC(=O)c3ccc(C(F)F)s3)c2)[nH]n1.[K+]. The molecule has 6 nitrogen and oxygen atoms in total. The predicted molar refractivity (Wildman–Crippen MR) is 108 cm³/mol. The third kappa shape index (κ3) is 7.00. The molecule has 1 amide bonds.